The number of ether oxygens (including phenoxy) is 1. The number of carbonyl (C=O) groups excluding carboxylic acids is 1. The molecule has 0 bridgehead atoms. The van der Waals surface area contributed by atoms with Crippen LogP contribution in [0.1, 0.15) is 31.7 Å². The molecule has 1 aromatic carbocycles. The molecule has 1 aromatic rings. The van der Waals surface area contributed by atoms with Crippen LogP contribution in [0, 0.1) is 0 Å². The van der Waals surface area contributed by atoms with Crippen molar-refractivity contribution in [2.24, 2.45) is 0 Å². The van der Waals surface area contributed by atoms with Gasteiger partial charge in [0.05, 0.1) is 6.61 Å². The zero-order valence-electron chi connectivity index (χ0n) is 12.7. The summed E-state index contributed by atoms with van der Waals surface area (Å²) in [4.78, 5) is 23.9. The van der Waals surface area contributed by atoms with Gasteiger partial charge in [-0.15, -0.1) is 0 Å². The van der Waals surface area contributed by atoms with Crippen LogP contribution in [0.15, 0.2) is 24.3 Å². The third-order valence-corrected chi connectivity index (χ3v) is 3.17. The number of carboxylic acid groups (broad SMARTS) is 1. The number of aryl methyl sites for hydroxylation is 1. The summed E-state index contributed by atoms with van der Waals surface area (Å²) in [6, 6.07) is 7.73. The average Bonchev–Trinajstić information content (AvgIpc) is 2.46. The van der Waals surface area contributed by atoms with Crippen LogP contribution in [0.3, 0.4) is 0 Å². The molecule has 1 amide bonds. The van der Waals surface area contributed by atoms with Gasteiger partial charge >= 0.3 is 5.97 Å². The monoisotopic (exact) mass is 293 g/mol. The maximum Gasteiger partial charge on any atom is 0.303 e. The van der Waals surface area contributed by atoms with Crippen molar-refractivity contribution in [1.29, 1.82) is 0 Å². The van der Waals surface area contributed by atoms with E-state index in [2.05, 4.69) is 0 Å². The first-order valence-corrected chi connectivity index (χ1v) is 7.20. The zero-order chi connectivity index (χ0) is 15.7. The first kappa shape index (κ1) is 17.0. The molecule has 0 heterocycles. The van der Waals surface area contributed by atoms with Crippen molar-refractivity contribution in [3.05, 3.63) is 29.8 Å². The van der Waals surface area contributed by atoms with Crippen LogP contribution >= 0.6 is 0 Å². The van der Waals surface area contributed by atoms with Crippen molar-refractivity contribution in [3.63, 3.8) is 0 Å². The van der Waals surface area contributed by atoms with Crippen molar-refractivity contribution in [2.75, 3.05) is 20.2 Å². The van der Waals surface area contributed by atoms with E-state index < -0.39 is 5.97 Å². The lowest BCUT2D eigenvalue weighted by molar-refractivity contribution is -0.138. The highest BCUT2D eigenvalue weighted by atomic mass is 16.5. The second-order valence-electron chi connectivity index (χ2n) is 4.89. The third-order valence-electron chi connectivity index (χ3n) is 3.17. The molecule has 0 unspecified atom stereocenters. The Bertz CT molecular complexity index is 456. The Kier molecular flexibility index (Phi) is 7.29. The molecule has 0 atom stereocenters. The summed E-state index contributed by atoms with van der Waals surface area (Å²) < 4.78 is 5.37. The quantitative estimate of drug-likeness (QED) is 0.759. The number of nitrogens with zero attached hydrogens (tertiary/aromatic N) is 1. The lowest BCUT2D eigenvalue weighted by atomic mass is 10.1. The molecule has 5 nitrogen and oxygen atoms in total. The largest absolute Gasteiger partial charge is 0.494 e. The smallest absolute Gasteiger partial charge is 0.303 e. The normalized spacial score (nSPS) is 10.2. The van der Waals surface area contributed by atoms with Crippen LogP contribution in [0.25, 0.3) is 0 Å². The van der Waals surface area contributed by atoms with E-state index in [0.717, 1.165) is 11.3 Å². The van der Waals surface area contributed by atoms with E-state index >= 15 is 0 Å². The maximum absolute atomic E-state index is 11.9. The number of carboxylic acids is 1. The molecule has 0 aliphatic rings. The Balaban J connectivity index is 2.32. The van der Waals surface area contributed by atoms with Crippen LogP contribution in [0.5, 0.6) is 5.75 Å². The molecular formula is C16H23NO4. The fraction of sp³-hybridized carbons (Fsp3) is 0.500. The minimum absolute atomic E-state index is 0.0364. The van der Waals surface area contributed by atoms with Gasteiger partial charge < -0.3 is 14.7 Å². The van der Waals surface area contributed by atoms with Crippen LogP contribution in [-0.4, -0.2) is 42.1 Å². The molecule has 0 aromatic heterocycles. The molecular weight excluding hydrogens is 270 g/mol. The highest BCUT2D eigenvalue weighted by Crippen LogP contribution is 2.13. The van der Waals surface area contributed by atoms with Gasteiger partial charge in [-0.25, -0.2) is 0 Å². The molecule has 0 spiro atoms. The Morgan fingerprint density at radius 3 is 2.43 bits per heavy atom. The number of amides is 1. The summed E-state index contributed by atoms with van der Waals surface area (Å²) in [7, 11) is 1.71. The number of aliphatic carboxylic acids is 1. The van der Waals surface area contributed by atoms with Crippen LogP contribution in [0.2, 0.25) is 0 Å². The topological polar surface area (TPSA) is 66.8 Å². The molecule has 0 aliphatic heterocycles. The Morgan fingerprint density at radius 2 is 1.86 bits per heavy atom. The van der Waals surface area contributed by atoms with Gasteiger partial charge in [0.25, 0.3) is 0 Å². The van der Waals surface area contributed by atoms with Gasteiger partial charge in [0, 0.05) is 26.4 Å². The number of hydrogen-bond acceptors (Lipinski definition) is 3. The van der Waals surface area contributed by atoms with Crippen LogP contribution < -0.4 is 4.74 Å². The second-order valence-corrected chi connectivity index (χ2v) is 4.89. The van der Waals surface area contributed by atoms with Gasteiger partial charge in [0.2, 0.25) is 5.91 Å². The summed E-state index contributed by atoms with van der Waals surface area (Å²) in [5.41, 5.74) is 1.09. The second kappa shape index (κ2) is 9.00. The van der Waals surface area contributed by atoms with E-state index in [0.29, 0.717) is 32.4 Å². The maximum atomic E-state index is 11.9. The fourth-order valence-electron chi connectivity index (χ4n) is 1.95. The fourth-order valence-corrected chi connectivity index (χ4v) is 1.95. The number of carbonyl (C=O) groups is 2. The molecule has 1 rings (SSSR count). The molecule has 21 heavy (non-hydrogen) atoms. The highest BCUT2D eigenvalue weighted by Gasteiger charge is 2.09. The molecule has 1 N–H and O–H groups in total. The minimum atomic E-state index is -0.828. The zero-order valence-corrected chi connectivity index (χ0v) is 12.7. The third kappa shape index (κ3) is 6.79. The Labute approximate surface area is 125 Å². The summed E-state index contributed by atoms with van der Waals surface area (Å²) in [6.07, 6.45) is 1.68. The summed E-state index contributed by atoms with van der Waals surface area (Å²) in [5.74, 6) is 0.0397. The Morgan fingerprint density at radius 1 is 1.19 bits per heavy atom. The molecule has 0 saturated carbocycles. The summed E-state index contributed by atoms with van der Waals surface area (Å²) in [5, 5.41) is 8.56. The van der Waals surface area contributed by atoms with E-state index in [4.69, 9.17) is 9.84 Å². The van der Waals surface area contributed by atoms with Gasteiger partial charge in [-0.3, -0.25) is 9.59 Å². The molecule has 0 saturated heterocycles. The van der Waals surface area contributed by atoms with Crippen molar-refractivity contribution in [3.8, 4) is 5.75 Å². The van der Waals surface area contributed by atoms with Gasteiger partial charge in [-0.1, -0.05) is 12.1 Å². The average molecular weight is 293 g/mol. The number of benzene rings is 1. The standard InChI is InChI=1S/C16H23NO4/c1-3-21-14-9-6-13(7-10-14)8-11-15(18)17(2)12-4-5-16(19)20/h6-7,9-10H,3-5,8,11-12H2,1-2H3,(H,19,20). The van der Waals surface area contributed by atoms with Crippen molar-refractivity contribution < 1.29 is 19.4 Å². The molecule has 0 radical (unpaired) electrons. The predicted molar refractivity (Wildman–Crippen MR) is 80.4 cm³/mol. The summed E-state index contributed by atoms with van der Waals surface area (Å²) in [6.45, 7) is 3.06. The molecule has 116 valence electrons. The predicted octanol–water partition coefficient (Wildman–Crippen LogP) is 2.34. The Hall–Kier alpha value is -2.04. The van der Waals surface area contributed by atoms with Gasteiger partial charge in [-0.2, -0.15) is 0 Å². The van der Waals surface area contributed by atoms with E-state index in [-0.39, 0.29) is 12.3 Å². The van der Waals surface area contributed by atoms with Gasteiger partial charge in [-0.05, 0) is 37.5 Å². The van der Waals surface area contributed by atoms with Crippen molar-refractivity contribution in [2.45, 2.75) is 32.6 Å². The molecule has 5 heteroatoms. The summed E-state index contributed by atoms with van der Waals surface area (Å²) >= 11 is 0. The van der Waals surface area contributed by atoms with Gasteiger partial charge in [0.15, 0.2) is 0 Å². The number of hydrogen-bond donors (Lipinski definition) is 1. The van der Waals surface area contributed by atoms with Crippen LogP contribution in [0.4, 0.5) is 0 Å². The highest BCUT2D eigenvalue weighted by molar-refractivity contribution is 5.76. The van der Waals surface area contributed by atoms with Crippen molar-refractivity contribution >= 4 is 11.9 Å². The molecule has 0 aliphatic carbocycles. The van der Waals surface area contributed by atoms with E-state index in [1.807, 2.05) is 31.2 Å². The van der Waals surface area contributed by atoms with E-state index in [9.17, 15) is 9.59 Å². The first-order chi connectivity index (χ1) is 10.0. The minimum Gasteiger partial charge on any atom is -0.494 e. The SMILES string of the molecule is CCOc1ccc(CCC(=O)N(C)CCCC(=O)O)cc1. The van der Waals surface area contributed by atoms with E-state index in [1.54, 1.807) is 11.9 Å². The van der Waals surface area contributed by atoms with Crippen molar-refractivity contribution in [1.82, 2.24) is 4.90 Å². The van der Waals surface area contributed by atoms with E-state index in [1.165, 1.54) is 0 Å². The van der Waals surface area contributed by atoms with Crippen LogP contribution in [-0.2, 0) is 16.0 Å². The molecule has 0 fully saturated rings. The van der Waals surface area contributed by atoms with Gasteiger partial charge in [0.1, 0.15) is 5.75 Å². The number of rotatable bonds is 9. The lowest BCUT2D eigenvalue weighted by Crippen LogP contribution is -2.28. The first-order valence-electron chi connectivity index (χ1n) is 7.20. The lowest BCUT2D eigenvalue weighted by Gasteiger charge is -2.16.